The van der Waals surface area contributed by atoms with Crippen molar-refractivity contribution in [3.63, 3.8) is 0 Å². The number of amides is 1. The van der Waals surface area contributed by atoms with Gasteiger partial charge in [0.1, 0.15) is 5.69 Å². The lowest BCUT2D eigenvalue weighted by Gasteiger charge is -2.06. The summed E-state index contributed by atoms with van der Waals surface area (Å²) in [4.78, 5) is 17.9. The van der Waals surface area contributed by atoms with Crippen molar-refractivity contribution in [1.82, 2.24) is 14.8 Å². The van der Waals surface area contributed by atoms with Crippen LogP contribution in [-0.2, 0) is 19.9 Å². The molecule has 0 unspecified atom stereocenters. The first-order valence-electron chi connectivity index (χ1n) is 7.66. The number of aryl methyl sites for hydroxylation is 3. The minimum absolute atomic E-state index is 0.106. The van der Waals surface area contributed by atoms with Crippen LogP contribution in [0.5, 0.6) is 0 Å². The number of alkyl halides is 2. The third kappa shape index (κ3) is 3.41. The Labute approximate surface area is 136 Å². The third-order valence-electron chi connectivity index (χ3n) is 4.00. The van der Waals surface area contributed by atoms with Crippen LogP contribution in [0.15, 0.2) is 6.20 Å². The largest absolute Gasteiger partial charge is 0.298 e. The van der Waals surface area contributed by atoms with E-state index in [1.165, 1.54) is 42.3 Å². The van der Waals surface area contributed by atoms with Crippen molar-refractivity contribution in [3.05, 3.63) is 28.0 Å². The molecule has 124 valence electrons. The van der Waals surface area contributed by atoms with Crippen molar-refractivity contribution in [2.24, 2.45) is 7.05 Å². The first kappa shape index (κ1) is 16.0. The zero-order valence-corrected chi connectivity index (χ0v) is 13.6. The fourth-order valence-corrected chi connectivity index (χ4v) is 3.85. The van der Waals surface area contributed by atoms with Crippen LogP contribution in [-0.4, -0.2) is 20.7 Å². The maximum absolute atomic E-state index is 13.0. The number of halogens is 2. The van der Waals surface area contributed by atoms with Crippen molar-refractivity contribution < 1.29 is 13.6 Å². The van der Waals surface area contributed by atoms with Crippen molar-refractivity contribution in [1.29, 1.82) is 0 Å². The van der Waals surface area contributed by atoms with E-state index in [0.717, 1.165) is 36.1 Å². The van der Waals surface area contributed by atoms with Crippen LogP contribution in [0.2, 0.25) is 0 Å². The molecule has 0 saturated heterocycles. The lowest BCUT2D eigenvalue weighted by molar-refractivity contribution is 0.100. The topological polar surface area (TPSA) is 59.8 Å². The number of rotatable bonds is 3. The van der Waals surface area contributed by atoms with Gasteiger partial charge in [0.05, 0.1) is 17.5 Å². The SMILES string of the molecule is Cn1ncc(C(=O)Nc2nc3c(s2)CCCCCC3)c1C(F)F. The van der Waals surface area contributed by atoms with Gasteiger partial charge < -0.3 is 0 Å². The number of carbonyl (C=O) groups is 1. The Morgan fingerprint density at radius 3 is 2.78 bits per heavy atom. The van der Waals surface area contributed by atoms with E-state index in [1.54, 1.807) is 0 Å². The number of fused-ring (bicyclic) bond motifs is 1. The molecule has 2 aromatic rings. The first-order chi connectivity index (χ1) is 11.1. The van der Waals surface area contributed by atoms with E-state index in [2.05, 4.69) is 15.4 Å². The molecule has 0 radical (unpaired) electrons. The number of nitrogens with zero attached hydrogens (tertiary/aromatic N) is 3. The summed E-state index contributed by atoms with van der Waals surface area (Å²) in [6.07, 6.45) is 4.94. The molecular formula is C15H18F2N4OS. The highest BCUT2D eigenvalue weighted by Crippen LogP contribution is 2.29. The Morgan fingerprint density at radius 2 is 2.04 bits per heavy atom. The summed E-state index contributed by atoms with van der Waals surface area (Å²) < 4.78 is 27.1. The van der Waals surface area contributed by atoms with Crippen LogP contribution in [0.25, 0.3) is 0 Å². The third-order valence-corrected chi connectivity index (χ3v) is 5.07. The molecule has 8 heteroatoms. The summed E-state index contributed by atoms with van der Waals surface area (Å²) in [6, 6.07) is 0. The second-order valence-corrected chi connectivity index (χ2v) is 6.71. The van der Waals surface area contributed by atoms with Gasteiger partial charge in [0.25, 0.3) is 12.3 Å². The van der Waals surface area contributed by atoms with E-state index >= 15 is 0 Å². The fraction of sp³-hybridized carbons (Fsp3) is 0.533. The van der Waals surface area contributed by atoms with Crippen LogP contribution in [0.4, 0.5) is 13.9 Å². The molecule has 0 bridgehead atoms. The van der Waals surface area contributed by atoms with Crippen molar-refractivity contribution in [3.8, 4) is 0 Å². The maximum atomic E-state index is 13.0. The van der Waals surface area contributed by atoms with Gasteiger partial charge >= 0.3 is 0 Å². The minimum atomic E-state index is -2.75. The van der Waals surface area contributed by atoms with Gasteiger partial charge in [-0.1, -0.05) is 12.8 Å². The van der Waals surface area contributed by atoms with Crippen molar-refractivity contribution in [2.75, 3.05) is 5.32 Å². The van der Waals surface area contributed by atoms with Gasteiger partial charge in [0.15, 0.2) is 5.13 Å². The monoisotopic (exact) mass is 340 g/mol. The Balaban J connectivity index is 1.79. The lowest BCUT2D eigenvalue weighted by Crippen LogP contribution is -2.14. The molecule has 2 aromatic heterocycles. The van der Waals surface area contributed by atoms with E-state index in [9.17, 15) is 13.6 Å². The Hall–Kier alpha value is -1.83. The number of carbonyl (C=O) groups excluding carboxylic acids is 1. The summed E-state index contributed by atoms with van der Waals surface area (Å²) in [5, 5.41) is 6.87. The molecule has 5 nitrogen and oxygen atoms in total. The normalized spacial score (nSPS) is 15.1. The highest BCUT2D eigenvalue weighted by Gasteiger charge is 2.24. The molecule has 0 spiro atoms. The molecule has 0 fully saturated rings. The predicted molar refractivity (Wildman–Crippen MR) is 84.1 cm³/mol. The summed E-state index contributed by atoms with van der Waals surface area (Å²) in [6.45, 7) is 0. The summed E-state index contributed by atoms with van der Waals surface area (Å²) in [5.74, 6) is -0.588. The molecule has 0 saturated carbocycles. The molecule has 0 atom stereocenters. The Bertz CT molecular complexity index is 685. The van der Waals surface area contributed by atoms with Gasteiger partial charge in [-0.25, -0.2) is 13.8 Å². The number of hydrogen-bond donors (Lipinski definition) is 1. The second kappa shape index (κ2) is 6.74. The van der Waals surface area contributed by atoms with E-state index in [0.29, 0.717) is 5.13 Å². The highest BCUT2D eigenvalue weighted by molar-refractivity contribution is 7.15. The van der Waals surface area contributed by atoms with Crippen LogP contribution in [0, 0.1) is 0 Å². The smallest absolute Gasteiger partial charge is 0.280 e. The van der Waals surface area contributed by atoms with Gasteiger partial charge in [-0.2, -0.15) is 5.10 Å². The first-order valence-corrected chi connectivity index (χ1v) is 8.48. The van der Waals surface area contributed by atoms with Crippen LogP contribution < -0.4 is 5.32 Å². The van der Waals surface area contributed by atoms with Gasteiger partial charge in [-0.05, 0) is 25.7 Å². The molecule has 0 aromatic carbocycles. The van der Waals surface area contributed by atoms with Crippen LogP contribution >= 0.6 is 11.3 Å². The number of thiazole rings is 1. The van der Waals surface area contributed by atoms with Crippen LogP contribution in [0.3, 0.4) is 0 Å². The maximum Gasteiger partial charge on any atom is 0.280 e. The molecule has 1 N–H and O–H groups in total. The zero-order valence-electron chi connectivity index (χ0n) is 12.8. The van der Waals surface area contributed by atoms with Crippen LogP contribution in [0.1, 0.15) is 58.7 Å². The van der Waals surface area contributed by atoms with E-state index < -0.39 is 12.3 Å². The number of hydrogen-bond acceptors (Lipinski definition) is 4. The van der Waals surface area contributed by atoms with Gasteiger partial charge in [0, 0.05) is 11.9 Å². The second-order valence-electron chi connectivity index (χ2n) is 5.63. The molecule has 0 aliphatic heterocycles. The molecule has 1 amide bonds. The number of aromatic nitrogens is 3. The molecule has 1 aliphatic carbocycles. The lowest BCUT2D eigenvalue weighted by atomic mass is 10.0. The number of anilines is 1. The van der Waals surface area contributed by atoms with Gasteiger partial charge in [-0.3, -0.25) is 14.8 Å². The molecule has 3 rings (SSSR count). The van der Waals surface area contributed by atoms with E-state index in [1.807, 2.05) is 0 Å². The summed E-state index contributed by atoms with van der Waals surface area (Å²) in [5.41, 5.74) is 0.549. The average Bonchev–Trinajstić information content (AvgIpc) is 3.03. The predicted octanol–water partition coefficient (Wildman–Crippen LogP) is 3.73. The molecule has 2 heterocycles. The molecule has 23 heavy (non-hydrogen) atoms. The van der Waals surface area contributed by atoms with E-state index in [-0.39, 0.29) is 11.3 Å². The fourth-order valence-electron chi connectivity index (χ4n) is 2.80. The Morgan fingerprint density at radius 1 is 1.30 bits per heavy atom. The van der Waals surface area contributed by atoms with Gasteiger partial charge in [-0.15, -0.1) is 11.3 Å². The van der Waals surface area contributed by atoms with E-state index in [4.69, 9.17) is 0 Å². The average molecular weight is 340 g/mol. The zero-order chi connectivity index (χ0) is 16.4. The molecular weight excluding hydrogens is 322 g/mol. The highest BCUT2D eigenvalue weighted by atomic mass is 32.1. The summed E-state index contributed by atoms with van der Waals surface area (Å²) >= 11 is 1.44. The standard InChI is InChI=1S/C15H18F2N4OS/c1-21-12(13(16)17)9(8-18-21)14(22)20-15-19-10-6-4-2-3-5-7-11(10)23-15/h8,13H,2-7H2,1H3,(H,19,20,22). The number of nitrogens with one attached hydrogen (secondary N) is 1. The van der Waals surface area contributed by atoms with Crippen molar-refractivity contribution in [2.45, 2.75) is 45.0 Å². The quantitative estimate of drug-likeness (QED) is 0.926. The minimum Gasteiger partial charge on any atom is -0.298 e. The summed E-state index contributed by atoms with van der Waals surface area (Å²) in [7, 11) is 1.40. The Kier molecular flexibility index (Phi) is 4.70. The van der Waals surface area contributed by atoms with Gasteiger partial charge in [0.2, 0.25) is 0 Å². The van der Waals surface area contributed by atoms with Crippen molar-refractivity contribution >= 4 is 22.4 Å². The molecule has 1 aliphatic rings.